The van der Waals surface area contributed by atoms with E-state index < -0.39 is 0 Å². The highest BCUT2D eigenvalue weighted by Crippen LogP contribution is 2.26. The van der Waals surface area contributed by atoms with Gasteiger partial charge in [-0.2, -0.15) is 0 Å². The molecule has 1 saturated heterocycles. The lowest BCUT2D eigenvalue weighted by molar-refractivity contribution is -0.150. The summed E-state index contributed by atoms with van der Waals surface area (Å²) >= 11 is 7.75. The lowest BCUT2D eigenvalue weighted by atomic mass is 9.97. The van der Waals surface area contributed by atoms with Gasteiger partial charge in [0.1, 0.15) is 0 Å². The Hall–Kier alpha value is -2.24. The summed E-state index contributed by atoms with van der Waals surface area (Å²) in [5, 5.41) is 0.631. The quantitative estimate of drug-likeness (QED) is 0.330. The number of hydrogen-bond donors (Lipinski definition) is 0. The van der Waals surface area contributed by atoms with Crippen LogP contribution in [0.3, 0.4) is 0 Å². The molecular weight excluding hydrogens is 418 g/mol. The second kappa shape index (κ2) is 11.2. The summed E-state index contributed by atoms with van der Waals surface area (Å²) in [7, 11) is 0. The van der Waals surface area contributed by atoms with Crippen LogP contribution in [0.15, 0.2) is 65.1 Å². The number of halogens is 1. The molecule has 1 amide bonds. The fourth-order valence-electron chi connectivity index (χ4n) is 3.46. The van der Waals surface area contributed by atoms with Gasteiger partial charge < -0.3 is 9.64 Å². The van der Waals surface area contributed by atoms with E-state index in [1.54, 1.807) is 23.6 Å². The van der Waals surface area contributed by atoms with Gasteiger partial charge in [0, 0.05) is 34.3 Å². The first-order valence-corrected chi connectivity index (χ1v) is 11.5. The Morgan fingerprint density at radius 2 is 2.00 bits per heavy atom. The summed E-state index contributed by atoms with van der Waals surface area (Å²) < 4.78 is 5.17. The predicted molar refractivity (Wildman–Crippen MR) is 123 cm³/mol. The van der Waals surface area contributed by atoms with Crippen LogP contribution in [0.2, 0.25) is 5.02 Å². The van der Waals surface area contributed by atoms with Crippen LogP contribution in [0.5, 0.6) is 0 Å². The Labute approximate surface area is 187 Å². The Morgan fingerprint density at radius 1 is 1.20 bits per heavy atom. The maximum absolute atomic E-state index is 13.4. The predicted octanol–water partition coefficient (Wildman–Crippen LogP) is 5.32. The average molecular weight is 444 g/mol. The van der Waals surface area contributed by atoms with E-state index in [1.165, 1.54) is 0 Å². The number of carbonyl (C=O) groups is 2. The Bertz CT molecular complexity index is 900. The zero-order valence-corrected chi connectivity index (χ0v) is 18.6. The zero-order chi connectivity index (χ0) is 21.3. The van der Waals surface area contributed by atoms with Crippen LogP contribution in [0.25, 0.3) is 6.08 Å². The minimum atomic E-state index is -0.253. The van der Waals surface area contributed by atoms with E-state index in [4.69, 9.17) is 16.3 Å². The number of rotatable bonds is 7. The summed E-state index contributed by atoms with van der Waals surface area (Å²) in [4.78, 5) is 28.5. The van der Waals surface area contributed by atoms with Crippen molar-refractivity contribution in [2.75, 3.05) is 25.4 Å². The van der Waals surface area contributed by atoms with E-state index in [0.29, 0.717) is 36.0 Å². The number of piperidine rings is 1. The first-order valence-electron chi connectivity index (χ1n) is 10.2. The monoisotopic (exact) mass is 443 g/mol. The topological polar surface area (TPSA) is 46.6 Å². The summed E-state index contributed by atoms with van der Waals surface area (Å²) in [6.45, 7) is 3.21. The van der Waals surface area contributed by atoms with Crippen molar-refractivity contribution in [3.8, 4) is 0 Å². The Morgan fingerprint density at radius 3 is 2.73 bits per heavy atom. The highest BCUT2D eigenvalue weighted by Gasteiger charge is 2.30. The number of nitrogens with zero attached hydrogens (tertiary/aromatic N) is 1. The smallest absolute Gasteiger partial charge is 0.310 e. The van der Waals surface area contributed by atoms with E-state index in [0.717, 1.165) is 23.3 Å². The van der Waals surface area contributed by atoms with Crippen LogP contribution in [0, 0.1) is 5.92 Å². The molecule has 4 nitrogen and oxygen atoms in total. The van der Waals surface area contributed by atoms with Crippen molar-refractivity contribution in [1.82, 2.24) is 4.90 Å². The summed E-state index contributed by atoms with van der Waals surface area (Å²) in [5.41, 5.74) is 1.58. The van der Waals surface area contributed by atoms with Gasteiger partial charge in [0.05, 0.1) is 12.5 Å². The van der Waals surface area contributed by atoms with Crippen LogP contribution in [-0.4, -0.2) is 42.2 Å². The third-order valence-electron chi connectivity index (χ3n) is 4.93. The van der Waals surface area contributed by atoms with Gasteiger partial charge in [0.2, 0.25) is 0 Å². The molecule has 2 aromatic carbocycles. The Balaban J connectivity index is 1.79. The summed E-state index contributed by atoms with van der Waals surface area (Å²) in [5.74, 6) is 0.0360. The van der Waals surface area contributed by atoms with E-state index in [2.05, 4.69) is 0 Å². The maximum atomic E-state index is 13.4. The van der Waals surface area contributed by atoms with Crippen molar-refractivity contribution >= 4 is 41.3 Å². The van der Waals surface area contributed by atoms with Crippen molar-refractivity contribution in [1.29, 1.82) is 0 Å². The van der Waals surface area contributed by atoms with Crippen molar-refractivity contribution in [3.05, 3.63) is 70.8 Å². The zero-order valence-electron chi connectivity index (χ0n) is 17.1. The number of hydrogen-bond acceptors (Lipinski definition) is 4. The number of carbonyl (C=O) groups excluding carboxylic acids is 2. The van der Waals surface area contributed by atoms with E-state index >= 15 is 0 Å². The largest absolute Gasteiger partial charge is 0.466 e. The molecule has 6 heteroatoms. The van der Waals surface area contributed by atoms with Gasteiger partial charge in [-0.05, 0) is 55.7 Å². The molecule has 2 aromatic rings. The van der Waals surface area contributed by atoms with Crippen LogP contribution >= 0.6 is 23.4 Å². The lowest BCUT2D eigenvalue weighted by Gasteiger charge is -2.32. The maximum Gasteiger partial charge on any atom is 0.310 e. The van der Waals surface area contributed by atoms with Crippen molar-refractivity contribution in [2.45, 2.75) is 24.7 Å². The van der Waals surface area contributed by atoms with E-state index in [-0.39, 0.29) is 17.8 Å². The van der Waals surface area contributed by atoms with Gasteiger partial charge in [-0.1, -0.05) is 41.9 Å². The molecule has 0 N–H and O–H groups in total. The van der Waals surface area contributed by atoms with Gasteiger partial charge in [-0.25, -0.2) is 0 Å². The molecule has 30 heavy (non-hydrogen) atoms. The first kappa shape index (κ1) is 22.4. The van der Waals surface area contributed by atoms with Crippen molar-refractivity contribution < 1.29 is 14.3 Å². The van der Waals surface area contributed by atoms with E-state index in [1.807, 2.05) is 60.7 Å². The van der Waals surface area contributed by atoms with Crippen molar-refractivity contribution in [3.63, 3.8) is 0 Å². The van der Waals surface area contributed by atoms with Crippen LogP contribution in [-0.2, 0) is 14.3 Å². The number of thioether (sulfide) groups is 1. The lowest BCUT2D eigenvalue weighted by Crippen LogP contribution is -2.43. The molecule has 1 atom stereocenters. The first-order chi connectivity index (χ1) is 14.6. The molecule has 3 rings (SSSR count). The standard InChI is InChI=1S/C24H26ClNO3S/c1-2-29-24(28)19-9-7-13-26(16-19)23(27)20(14-18-8-6-10-21(25)15-18)17-30-22-11-4-3-5-12-22/h3-6,8,10-12,14-15,19H,2,7,9,13,16-17H2,1H3/b20-14+. The molecule has 1 heterocycles. The fourth-order valence-corrected chi connectivity index (χ4v) is 4.53. The normalized spacial score (nSPS) is 16.9. The minimum Gasteiger partial charge on any atom is -0.466 e. The molecule has 1 unspecified atom stereocenters. The molecule has 1 aliphatic heterocycles. The van der Waals surface area contributed by atoms with Gasteiger partial charge >= 0.3 is 5.97 Å². The number of amides is 1. The SMILES string of the molecule is CCOC(=O)C1CCCN(C(=O)/C(=C/c2cccc(Cl)c2)CSc2ccccc2)C1. The number of ether oxygens (including phenoxy) is 1. The molecule has 0 aromatic heterocycles. The number of likely N-dealkylation sites (tertiary alicyclic amines) is 1. The van der Waals surface area contributed by atoms with Gasteiger partial charge in [-0.15, -0.1) is 11.8 Å². The molecule has 1 fully saturated rings. The van der Waals surface area contributed by atoms with Crippen LogP contribution in [0.1, 0.15) is 25.3 Å². The molecule has 0 saturated carbocycles. The van der Waals surface area contributed by atoms with E-state index in [9.17, 15) is 9.59 Å². The molecule has 0 spiro atoms. The third-order valence-corrected chi connectivity index (χ3v) is 6.23. The molecule has 0 radical (unpaired) electrons. The average Bonchev–Trinajstić information content (AvgIpc) is 2.77. The van der Waals surface area contributed by atoms with Crippen LogP contribution < -0.4 is 0 Å². The second-order valence-electron chi connectivity index (χ2n) is 7.17. The number of benzene rings is 2. The van der Waals surface area contributed by atoms with Crippen LogP contribution in [0.4, 0.5) is 0 Å². The summed E-state index contributed by atoms with van der Waals surface area (Å²) in [6, 6.07) is 17.5. The van der Waals surface area contributed by atoms with Crippen molar-refractivity contribution in [2.24, 2.45) is 5.92 Å². The highest BCUT2D eigenvalue weighted by molar-refractivity contribution is 7.99. The highest BCUT2D eigenvalue weighted by atomic mass is 35.5. The second-order valence-corrected chi connectivity index (χ2v) is 8.65. The molecule has 1 aliphatic rings. The number of esters is 1. The molecule has 0 aliphatic carbocycles. The van der Waals surface area contributed by atoms with Gasteiger partial charge in [0.25, 0.3) is 5.91 Å². The molecule has 0 bridgehead atoms. The minimum absolute atomic E-state index is 0.0348. The third kappa shape index (κ3) is 6.38. The van der Waals surface area contributed by atoms with Gasteiger partial charge in [-0.3, -0.25) is 9.59 Å². The van der Waals surface area contributed by atoms with Gasteiger partial charge in [0.15, 0.2) is 0 Å². The molecular formula is C24H26ClNO3S. The molecule has 158 valence electrons. The fraction of sp³-hybridized carbons (Fsp3) is 0.333. The summed E-state index contributed by atoms with van der Waals surface area (Å²) in [6.07, 6.45) is 3.46. The Kier molecular flexibility index (Phi) is 8.40.